The number of nitrogens with one attached hydrogen (secondary N) is 1. The van der Waals surface area contributed by atoms with E-state index in [2.05, 4.69) is 88.9 Å². The van der Waals surface area contributed by atoms with Crippen LogP contribution in [-0.2, 0) is 0 Å². The molecule has 0 radical (unpaired) electrons. The van der Waals surface area contributed by atoms with Gasteiger partial charge in [-0.2, -0.15) is 0 Å². The lowest BCUT2D eigenvalue weighted by Gasteiger charge is -2.26. The smallest absolute Gasteiger partial charge is 0.0561 e. The van der Waals surface area contributed by atoms with E-state index in [0.29, 0.717) is 12.1 Å². The Morgan fingerprint density at radius 1 is 1.19 bits per heavy atom. The van der Waals surface area contributed by atoms with Gasteiger partial charge in [-0.25, -0.2) is 0 Å². The molecule has 114 valence electrons. The second-order valence-corrected chi connectivity index (χ2v) is 7.31. The van der Waals surface area contributed by atoms with Crippen LogP contribution in [-0.4, -0.2) is 25.5 Å². The second kappa shape index (κ2) is 8.08. The maximum atomic E-state index is 3.72. The molecule has 4 heteroatoms. The Bertz CT molecular complexity index is 522. The van der Waals surface area contributed by atoms with Gasteiger partial charge in [-0.15, -0.1) is 11.3 Å². The van der Waals surface area contributed by atoms with Gasteiger partial charge in [0.25, 0.3) is 0 Å². The van der Waals surface area contributed by atoms with Crippen LogP contribution in [0.3, 0.4) is 0 Å². The van der Waals surface area contributed by atoms with Gasteiger partial charge in [0.2, 0.25) is 0 Å². The second-order valence-electron chi connectivity index (χ2n) is 5.42. The van der Waals surface area contributed by atoms with Crippen LogP contribution in [0.1, 0.15) is 35.9 Å². The standard InChI is InChI=1S/C17H23BrN2S/c1-4-15(13-7-9-14(18)10-8-13)19-12-16(20(2)3)17-6-5-11-21-17/h5-11,15-16,19H,4,12H2,1-3H3. The number of rotatable bonds is 7. The highest BCUT2D eigenvalue weighted by molar-refractivity contribution is 9.10. The molecular weight excluding hydrogens is 344 g/mol. The van der Waals surface area contributed by atoms with E-state index in [0.717, 1.165) is 17.4 Å². The van der Waals surface area contributed by atoms with E-state index < -0.39 is 0 Å². The molecule has 0 amide bonds. The molecule has 21 heavy (non-hydrogen) atoms. The summed E-state index contributed by atoms with van der Waals surface area (Å²) in [5.74, 6) is 0. The molecule has 2 nitrogen and oxygen atoms in total. The zero-order valence-corrected chi connectivity index (χ0v) is 15.2. The van der Waals surface area contributed by atoms with E-state index in [4.69, 9.17) is 0 Å². The summed E-state index contributed by atoms with van der Waals surface area (Å²) in [6.07, 6.45) is 1.09. The molecule has 2 unspecified atom stereocenters. The molecule has 1 heterocycles. The maximum Gasteiger partial charge on any atom is 0.0561 e. The van der Waals surface area contributed by atoms with Gasteiger partial charge in [0, 0.05) is 21.9 Å². The lowest BCUT2D eigenvalue weighted by atomic mass is 10.0. The van der Waals surface area contributed by atoms with Crippen molar-refractivity contribution < 1.29 is 0 Å². The van der Waals surface area contributed by atoms with Gasteiger partial charge < -0.3 is 10.2 Å². The van der Waals surface area contributed by atoms with Crippen LogP contribution >= 0.6 is 27.3 Å². The minimum atomic E-state index is 0.403. The largest absolute Gasteiger partial charge is 0.308 e. The quantitative estimate of drug-likeness (QED) is 0.752. The highest BCUT2D eigenvalue weighted by Crippen LogP contribution is 2.25. The molecule has 1 aromatic heterocycles. The summed E-state index contributed by atoms with van der Waals surface area (Å²) in [6, 6.07) is 13.8. The molecule has 1 aromatic carbocycles. The van der Waals surface area contributed by atoms with E-state index in [1.165, 1.54) is 10.4 Å². The Kier molecular flexibility index (Phi) is 6.42. The summed E-state index contributed by atoms with van der Waals surface area (Å²) < 4.78 is 1.13. The molecular formula is C17H23BrN2S. The fourth-order valence-corrected chi connectivity index (χ4v) is 3.65. The minimum absolute atomic E-state index is 0.403. The fourth-order valence-electron chi connectivity index (χ4n) is 2.47. The Labute approximate surface area is 140 Å². The fraction of sp³-hybridized carbons (Fsp3) is 0.412. The first kappa shape index (κ1) is 16.7. The molecule has 1 N–H and O–H groups in total. The Morgan fingerprint density at radius 3 is 2.43 bits per heavy atom. The first-order chi connectivity index (χ1) is 10.1. The minimum Gasteiger partial charge on any atom is -0.308 e. The summed E-state index contributed by atoms with van der Waals surface area (Å²) in [5, 5.41) is 5.88. The van der Waals surface area contributed by atoms with Gasteiger partial charge in [-0.05, 0) is 49.7 Å². The molecule has 2 aromatic rings. The number of thiophene rings is 1. The third-order valence-electron chi connectivity index (χ3n) is 3.73. The number of halogens is 1. The monoisotopic (exact) mass is 366 g/mol. The molecule has 0 saturated carbocycles. The number of likely N-dealkylation sites (N-methyl/N-ethyl adjacent to an activating group) is 1. The van der Waals surface area contributed by atoms with Crippen LogP contribution in [0.4, 0.5) is 0 Å². The van der Waals surface area contributed by atoms with E-state index in [1.807, 2.05) is 11.3 Å². The molecule has 0 fully saturated rings. The molecule has 0 aliphatic rings. The van der Waals surface area contributed by atoms with Crippen molar-refractivity contribution in [3.8, 4) is 0 Å². The summed E-state index contributed by atoms with van der Waals surface area (Å²) in [4.78, 5) is 3.70. The van der Waals surface area contributed by atoms with E-state index in [1.54, 1.807) is 0 Å². The van der Waals surface area contributed by atoms with Crippen molar-refractivity contribution in [1.29, 1.82) is 0 Å². The molecule has 0 bridgehead atoms. The number of hydrogen-bond acceptors (Lipinski definition) is 3. The molecule has 0 saturated heterocycles. The lowest BCUT2D eigenvalue weighted by molar-refractivity contribution is 0.282. The van der Waals surface area contributed by atoms with E-state index >= 15 is 0 Å². The van der Waals surface area contributed by atoms with Gasteiger partial charge in [-0.3, -0.25) is 0 Å². The van der Waals surface area contributed by atoms with Crippen molar-refractivity contribution in [2.75, 3.05) is 20.6 Å². The number of hydrogen-bond donors (Lipinski definition) is 1. The van der Waals surface area contributed by atoms with E-state index in [-0.39, 0.29) is 0 Å². The maximum absolute atomic E-state index is 3.72. The Hall–Kier alpha value is -0.680. The van der Waals surface area contributed by atoms with Crippen molar-refractivity contribution >= 4 is 27.3 Å². The van der Waals surface area contributed by atoms with Crippen molar-refractivity contribution in [3.63, 3.8) is 0 Å². The average Bonchev–Trinajstić information content (AvgIpc) is 2.98. The highest BCUT2D eigenvalue weighted by atomic mass is 79.9. The van der Waals surface area contributed by atoms with Gasteiger partial charge >= 0.3 is 0 Å². The van der Waals surface area contributed by atoms with Crippen LogP contribution in [0.5, 0.6) is 0 Å². The predicted octanol–water partition coefficient (Wildman–Crippen LogP) is 4.85. The van der Waals surface area contributed by atoms with Crippen LogP contribution in [0.15, 0.2) is 46.3 Å². The molecule has 0 aliphatic heterocycles. The summed E-state index contributed by atoms with van der Waals surface area (Å²) in [6.45, 7) is 3.19. The van der Waals surface area contributed by atoms with Crippen molar-refractivity contribution in [3.05, 3.63) is 56.7 Å². The van der Waals surface area contributed by atoms with Crippen LogP contribution in [0, 0.1) is 0 Å². The van der Waals surface area contributed by atoms with Gasteiger partial charge in [-0.1, -0.05) is 41.1 Å². The van der Waals surface area contributed by atoms with E-state index in [9.17, 15) is 0 Å². The van der Waals surface area contributed by atoms with Gasteiger partial charge in [0.1, 0.15) is 0 Å². The third kappa shape index (κ3) is 4.65. The van der Waals surface area contributed by atoms with Crippen LogP contribution in [0.2, 0.25) is 0 Å². The summed E-state index contributed by atoms with van der Waals surface area (Å²) in [7, 11) is 4.29. The number of benzene rings is 1. The van der Waals surface area contributed by atoms with Gasteiger partial charge in [0.05, 0.1) is 6.04 Å². The first-order valence-electron chi connectivity index (χ1n) is 7.30. The SMILES string of the molecule is CCC(NCC(c1cccs1)N(C)C)c1ccc(Br)cc1. The van der Waals surface area contributed by atoms with Gasteiger partial charge in [0.15, 0.2) is 0 Å². The van der Waals surface area contributed by atoms with Crippen LogP contribution in [0.25, 0.3) is 0 Å². The number of nitrogens with zero attached hydrogens (tertiary/aromatic N) is 1. The molecule has 0 aliphatic carbocycles. The Balaban J connectivity index is 2.03. The third-order valence-corrected chi connectivity index (χ3v) is 5.24. The molecule has 2 atom stereocenters. The Morgan fingerprint density at radius 2 is 1.90 bits per heavy atom. The topological polar surface area (TPSA) is 15.3 Å². The average molecular weight is 367 g/mol. The summed E-state index contributed by atoms with van der Waals surface area (Å²) >= 11 is 5.33. The van der Waals surface area contributed by atoms with Crippen molar-refractivity contribution in [2.24, 2.45) is 0 Å². The lowest BCUT2D eigenvalue weighted by Crippen LogP contribution is -2.32. The highest BCUT2D eigenvalue weighted by Gasteiger charge is 2.17. The zero-order chi connectivity index (χ0) is 15.2. The summed E-state index contributed by atoms with van der Waals surface area (Å²) in [5.41, 5.74) is 1.35. The zero-order valence-electron chi connectivity index (χ0n) is 12.8. The first-order valence-corrected chi connectivity index (χ1v) is 8.97. The molecule has 0 spiro atoms. The van der Waals surface area contributed by atoms with Crippen molar-refractivity contribution in [2.45, 2.75) is 25.4 Å². The van der Waals surface area contributed by atoms with Crippen molar-refractivity contribution in [1.82, 2.24) is 10.2 Å². The van der Waals surface area contributed by atoms with Crippen LogP contribution < -0.4 is 5.32 Å². The predicted molar refractivity (Wildman–Crippen MR) is 95.9 cm³/mol. The molecule has 2 rings (SSSR count). The normalized spacial score (nSPS) is 14.3.